The van der Waals surface area contributed by atoms with Gasteiger partial charge in [0.2, 0.25) is 0 Å². The van der Waals surface area contributed by atoms with Crippen molar-refractivity contribution < 1.29 is 9.59 Å². The minimum absolute atomic E-state index is 0.0948. The maximum atomic E-state index is 12.5. The van der Waals surface area contributed by atoms with Crippen LogP contribution >= 0.6 is 0 Å². The first-order valence-electron chi connectivity index (χ1n) is 9.34. The van der Waals surface area contributed by atoms with Crippen LogP contribution in [0, 0.1) is 0 Å². The smallest absolute Gasteiger partial charge is 0.253 e. The Bertz CT molecular complexity index is 779. The average Bonchev–Trinajstić information content (AvgIpc) is 2.72. The summed E-state index contributed by atoms with van der Waals surface area (Å²) in [5, 5.41) is 2.89. The molecule has 6 heteroatoms. The van der Waals surface area contributed by atoms with E-state index in [9.17, 15) is 9.59 Å². The molecule has 3 rings (SSSR count). The molecule has 0 aliphatic carbocycles. The van der Waals surface area contributed by atoms with Crippen molar-refractivity contribution in [2.24, 2.45) is 0 Å². The molecular weight excluding hydrogens is 340 g/mol. The van der Waals surface area contributed by atoms with Gasteiger partial charge in [-0.15, -0.1) is 0 Å². The van der Waals surface area contributed by atoms with Crippen LogP contribution in [0.25, 0.3) is 0 Å². The number of amides is 2. The number of likely N-dealkylation sites (tertiary alicyclic amines) is 1. The van der Waals surface area contributed by atoms with Crippen LogP contribution in [-0.2, 0) is 6.54 Å². The molecule has 27 heavy (non-hydrogen) atoms. The van der Waals surface area contributed by atoms with E-state index in [2.05, 4.69) is 10.3 Å². The summed E-state index contributed by atoms with van der Waals surface area (Å²) >= 11 is 0. The standard InChI is InChI=1S/C21H26N4O2/c1-24(2)19-11-10-18(15-22-19)20(26)23-14-16-6-8-17(9-7-16)21(27)25-12-4-3-5-13-25/h6-11,15H,3-5,12-14H2,1-2H3,(H,23,26). The van der Waals surface area contributed by atoms with Crippen molar-refractivity contribution in [2.45, 2.75) is 25.8 Å². The van der Waals surface area contributed by atoms with E-state index in [1.54, 1.807) is 12.3 Å². The number of rotatable bonds is 5. The van der Waals surface area contributed by atoms with E-state index in [1.165, 1.54) is 6.42 Å². The van der Waals surface area contributed by atoms with Crippen LogP contribution in [0.4, 0.5) is 5.82 Å². The van der Waals surface area contributed by atoms with Gasteiger partial charge in [0.05, 0.1) is 5.56 Å². The van der Waals surface area contributed by atoms with Gasteiger partial charge in [0.25, 0.3) is 11.8 Å². The topological polar surface area (TPSA) is 65.5 Å². The maximum Gasteiger partial charge on any atom is 0.253 e. The van der Waals surface area contributed by atoms with Crippen molar-refractivity contribution in [1.82, 2.24) is 15.2 Å². The normalized spacial score (nSPS) is 13.9. The van der Waals surface area contributed by atoms with Gasteiger partial charge in [-0.25, -0.2) is 4.98 Å². The number of benzene rings is 1. The molecule has 1 fully saturated rings. The molecule has 0 spiro atoms. The molecule has 1 aromatic carbocycles. The molecule has 1 aliphatic heterocycles. The molecule has 0 saturated carbocycles. The van der Waals surface area contributed by atoms with Crippen LogP contribution < -0.4 is 10.2 Å². The molecule has 142 valence electrons. The number of carbonyl (C=O) groups excluding carboxylic acids is 2. The maximum absolute atomic E-state index is 12.5. The second-order valence-corrected chi connectivity index (χ2v) is 7.03. The van der Waals surface area contributed by atoms with E-state index < -0.39 is 0 Å². The van der Waals surface area contributed by atoms with Gasteiger partial charge in [-0.3, -0.25) is 9.59 Å². The third-order valence-electron chi connectivity index (χ3n) is 4.77. The Labute approximate surface area is 160 Å². The molecule has 0 unspecified atom stereocenters. The van der Waals surface area contributed by atoms with Crippen LogP contribution in [0.3, 0.4) is 0 Å². The number of nitrogens with zero attached hydrogens (tertiary/aromatic N) is 3. The molecule has 1 N–H and O–H groups in total. The second-order valence-electron chi connectivity index (χ2n) is 7.03. The lowest BCUT2D eigenvalue weighted by atomic mass is 10.1. The number of nitrogens with one attached hydrogen (secondary N) is 1. The third kappa shape index (κ3) is 4.84. The number of anilines is 1. The Morgan fingerprint density at radius 2 is 1.67 bits per heavy atom. The summed E-state index contributed by atoms with van der Waals surface area (Å²) in [7, 11) is 3.81. The fourth-order valence-corrected chi connectivity index (χ4v) is 3.11. The molecule has 2 aromatic rings. The predicted octanol–water partition coefficient (Wildman–Crippen LogP) is 2.70. The molecule has 0 radical (unpaired) electrons. The van der Waals surface area contributed by atoms with Crippen LogP contribution in [0.2, 0.25) is 0 Å². The highest BCUT2D eigenvalue weighted by Gasteiger charge is 2.17. The van der Waals surface area contributed by atoms with Crippen molar-refractivity contribution in [2.75, 3.05) is 32.1 Å². The Balaban J connectivity index is 1.55. The Morgan fingerprint density at radius 1 is 1.00 bits per heavy atom. The highest BCUT2D eigenvalue weighted by atomic mass is 16.2. The Kier molecular flexibility index (Phi) is 6.06. The summed E-state index contributed by atoms with van der Waals surface area (Å²) in [6.07, 6.45) is 4.95. The number of carbonyl (C=O) groups is 2. The van der Waals surface area contributed by atoms with Gasteiger partial charge in [-0.1, -0.05) is 12.1 Å². The molecule has 6 nitrogen and oxygen atoms in total. The van der Waals surface area contributed by atoms with Gasteiger partial charge in [0, 0.05) is 45.5 Å². The minimum atomic E-state index is -0.165. The Morgan fingerprint density at radius 3 is 2.26 bits per heavy atom. The van der Waals surface area contributed by atoms with Crippen molar-refractivity contribution in [3.8, 4) is 0 Å². The van der Waals surface area contributed by atoms with E-state index in [4.69, 9.17) is 0 Å². The SMILES string of the molecule is CN(C)c1ccc(C(=O)NCc2ccc(C(=O)N3CCCCC3)cc2)cn1. The van der Waals surface area contributed by atoms with Crippen molar-refractivity contribution >= 4 is 17.6 Å². The number of aromatic nitrogens is 1. The van der Waals surface area contributed by atoms with Crippen LogP contribution in [0.15, 0.2) is 42.6 Å². The summed E-state index contributed by atoms with van der Waals surface area (Å²) < 4.78 is 0. The summed E-state index contributed by atoms with van der Waals surface area (Å²) in [6.45, 7) is 2.10. The average molecular weight is 366 g/mol. The van der Waals surface area contributed by atoms with Crippen LogP contribution in [0.5, 0.6) is 0 Å². The monoisotopic (exact) mass is 366 g/mol. The largest absolute Gasteiger partial charge is 0.363 e. The first-order valence-corrected chi connectivity index (χ1v) is 9.34. The van der Waals surface area contributed by atoms with E-state index in [0.717, 1.165) is 37.3 Å². The quantitative estimate of drug-likeness (QED) is 0.884. The van der Waals surface area contributed by atoms with Gasteiger partial charge in [0.1, 0.15) is 5.82 Å². The van der Waals surface area contributed by atoms with Gasteiger partial charge < -0.3 is 15.1 Å². The zero-order valence-corrected chi connectivity index (χ0v) is 15.9. The summed E-state index contributed by atoms with van der Waals surface area (Å²) in [6, 6.07) is 11.0. The van der Waals surface area contributed by atoms with E-state index >= 15 is 0 Å². The van der Waals surface area contributed by atoms with Gasteiger partial charge >= 0.3 is 0 Å². The van der Waals surface area contributed by atoms with E-state index in [1.807, 2.05) is 54.2 Å². The lowest BCUT2D eigenvalue weighted by Crippen LogP contribution is -2.35. The van der Waals surface area contributed by atoms with E-state index in [0.29, 0.717) is 17.7 Å². The molecule has 0 atom stereocenters. The number of hydrogen-bond acceptors (Lipinski definition) is 4. The van der Waals surface area contributed by atoms with Gasteiger partial charge in [0.15, 0.2) is 0 Å². The van der Waals surface area contributed by atoms with E-state index in [-0.39, 0.29) is 11.8 Å². The zero-order chi connectivity index (χ0) is 19.2. The lowest BCUT2D eigenvalue weighted by Gasteiger charge is -2.26. The highest BCUT2D eigenvalue weighted by molar-refractivity contribution is 5.95. The molecule has 1 saturated heterocycles. The molecule has 1 aliphatic rings. The highest BCUT2D eigenvalue weighted by Crippen LogP contribution is 2.14. The number of pyridine rings is 1. The van der Waals surface area contributed by atoms with Gasteiger partial charge in [-0.2, -0.15) is 0 Å². The summed E-state index contributed by atoms with van der Waals surface area (Å²) in [4.78, 5) is 32.8. The summed E-state index contributed by atoms with van der Waals surface area (Å²) in [5.74, 6) is 0.735. The Hall–Kier alpha value is -2.89. The fourth-order valence-electron chi connectivity index (χ4n) is 3.11. The zero-order valence-electron chi connectivity index (χ0n) is 15.9. The molecule has 2 amide bonds. The fraction of sp³-hybridized carbons (Fsp3) is 0.381. The van der Waals surface area contributed by atoms with Crippen molar-refractivity contribution in [3.63, 3.8) is 0 Å². The van der Waals surface area contributed by atoms with Crippen molar-refractivity contribution in [3.05, 3.63) is 59.3 Å². The third-order valence-corrected chi connectivity index (χ3v) is 4.77. The predicted molar refractivity (Wildman–Crippen MR) is 106 cm³/mol. The number of hydrogen-bond donors (Lipinski definition) is 1. The van der Waals surface area contributed by atoms with Crippen molar-refractivity contribution in [1.29, 1.82) is 0 Å². The first kappa shape index (κ1) is 18.9. The van der Waals surface area contributed by atoms with Crippen LogP contribution in [-0.4, -0.2) is 48.9 Å². The van der Waals surface area contributed by atoms with Crippen LogP contribution in [0.1, 0.15) is 45.5 Å². The summed E-state index contributed by atoms with van der Waals surface area (Å²) in [5.41, 5.74) is 2.18. The minimum Gasteiger partial charge on any atom is -0.363 e. The lowest BCUT2D eigenvalue weighted by molar-refractivity contribution is 0.0724. The molecular formula is C21H26N4O2. The molecule has 2 heterocycles. The molecule has 1 aromatic heterocycles. The number of piperidine rings is 1. The first-order chi connectivity index (χ1) is 13.0. The van der Waals surface area contributed by atoms with Gasteiger partial charge in [-0.05, 0) is 49.1 Å². The molecule has 0 bridgehead atoms. The second kappa shape index (κ2) is 8.66.